The van der Waals surface area contributed by atoms with Gasteiger partial charge >= 0.3 is 0 Å². The summed E-state index contributed by atoms with van der Waals surface area (Å²) in [5, 5.41) is 3.72. The molecule has 44 heavy (non-hydrogen) atoms. The van der Waals surface area contributed by atoms with Gasteiger partial charge in [-0.25, -0.2) is 8.42 Å². The number of ether oxygens (including phenoxy) is 1. The zero-order valence-electron chi connectivity index (χ0n) is 25.7. The average Bonchev–Trinajstić information content (AvgIpc) is 3.02. The van der Waals surface area contributed by atoms with Gasteiger partial charge in [-0.2, -0.15) is 0 Å². The SMILES string of the molecule is CCOc1ccc(S(=O)(=O)N(CC(=O)N(Cc2ccc(Cl)cc2)[C@@H](CC)C(=O)NC2CCCCC2)c2ccc(C)cc2)cc1. The van der Waals surface area contributed by atoms with Crippen molar-refractivity contribution in [3.8, 4) is 5.75 Å². The topological polar surface area (TPSA) is 96.0 Å². The quantitative estimate of drug-likeness (QED) is 0.230. The number of hydrogen-bond acceptors (Lipinski definition) is 5. The van der Waals surface area contributed by atoms with Crippen molar-refractivity contribution in [1.29, 1.82) is 0 Å². The lowest BCUT2D eigenvalue weighted by Crippen LogP contribution is -2.54. The molecular formula is C34H42ClN3O5S. The summed E-state index contributed by atoms with van der Waals surface area (Å²) < 4.78 is 34.8. The van der Waals surface area contributed by atoms with Gasteiger partial charge in [-0.1, -0.05) is 67.6 Å². The third-order valence-electron chi connectivity index (χ3n) is 7.93. The number of aryl methyl sites for hydroxylation is 1. The third-order valence-corrected chi connectivity index (χ3v) is 9.97. The van der Waals surface area contributed by atoms with E-state index in [-0.39, 0.29) is 23.4 Å². The Kier molecular flexibility index (Phi) is 11.7. The van der Waals surface area contributed by atoms with Gasteiger partial charge in [0.15, 0.2) is 0 Å². The van der Waals surface area contributed by atoms with E-state index in [1.54, 1.807) is 48.5 Å². The van der Waals surface area contributed by atoms with Crippen LogP contribution in [0.25, 0.3) is 0 Å². The molecule has 0 saturated heterocycles. The van der Waals surface area contributed by atoms with E-state index in [2.05, 4.69) is 5.32 Å². The van der Waals surface area contributed by atoms with Crippen molar-refractivity contribution in [2.24, 2.45) is 0 Å². The number of carbonyl (C=O) groups excluding carboxylic acids is 2. The maximum Gasteiger partial charge on any atom is 0.264 e. The Bertz CT molecular complexity index is 1490. The van der Waals surface area contributed by atoms with Crippen molar-refractivity contribution in [3.05, 3.63) is 88.9 Å². The molecule has 0 heterocycles. The lowest BCUT2D eigenvalue weighted by atomic mass is 9.95. The molecule has 1 aliphatic rings. The first-order valence-corrected chi connectivity index (χ1v) is 17.1. The van der Waals surface area contributed by atoms with E-state index < -0.39 is 28.5 Å². The fraction of sp³-hybridized carbons (Fsp3) is 0.412. The van der Waals surface area contributed by atoms with E-state index in [0.29, 0.717) is 29.5 Å². The fourth-order valence-electron chi connectivity index (χ4n) is 5.49. The van der Waals surface area contributed by atoms with E-state index in [1.165, 1.54) is 17.0 Å². The Hall–Kier alpha value is -3.56. The predicted octanol–water partition coefficient (Wildman–Crippen LogP) is 6.50. The third kappa shape index (κ3) is 8.54. The van der Waals surface area contributed by atoms with Crippen molar-refractivity contribution in [2.45, 2.75) is 82.8 Å². The van der Waals surface area contributed by atoms with Gasteiger partial charge < -0.3 is 15.0 Å². The first kappa shape index (κ1) is 33.3. The molecule has 0 spiro atoms. The van der Waals surface area contributed by atoms with E-state index in [1.807, 2.05) is 32.9 Å². The van der Waals surface area contributed by atoms with Crippen LogP contribution in [0, 0.1) is 6.92 Å². The molecule has 236 valence electrons. The highest BCUT2D eigenvalue weighted by Crippen LogP contribution is 2.27. The summed E-state index contributed by atoms with van der Waals surface area (Å²) in [6, 6.07) is 19.5. The van der Waals surface area contributed by atoms with E-state index in [4.69, 9.17) is 16.3 Å². The standard InChI is InChI=1S/C34H42ClN3O5S/c1-4-32(34(40)36-28-9-7-6-8-10-28)37(23-26-13-15-27(35)16-14-26)33(39)24-38(29-17-11-25(3)12-18-29)44(41,42)31-21-19-30(20-22-31)43-5-2/h11-22,28,32H,4-10,23-24H2,1-3H3,(H,36,40)/t32-/m0/s1. The summed E-state index contributed by atoms with van der Waals surface area (Å²) in [7, 11) is -4.17. The van der Waals surface area contributed by atoms with E-state index >= 15 is 0 Å². The molecule has 8 nitrogen and oxygen atoms in total. The zero-order chi connectivity index (χ0) is 31.7. The monoisotopic (exact) mass is 639 g/mol. The molecule has 2 amide bonds. The molecule has 4 rings (SSSR count). The van der Waals surface area contributed by atoms with Crippen molar-refractivity contribution >= 4 is 39.1 Å². The molecule has 1 atom stereocenters. The summed E-state index contributed by atoms with van der Waals surface area (Å²) in [5.74, 6) is -0.160. The van der Waals surface area contributed by atoms with Crippen LogP contribution in [0.15, 0.2) is 77.7 Å². The first-order chi connectivity index (χ1) is 21.1. The van der Waals surface area contributed by atoms with Gasteiger partial charge in [0.1, 0.15) is 18.3 Å². The summed E-state index contributed by atoms with van der Waals surface area (Å²) in [6.45, 7) is 5.71. The second kappa shape index (κ2) is 15.4. The normalized spacial score (nSPS) is 14.5. The van der Waals surface area contributed by atoms with Crippen LogP contribution in [-0.2, 0) is 26.2 Å². The highest BCUT2D eigenvalue weighted by atomic mass is 35.5. The minimum Gasteiger partial charge on any atom is -0.494 e. The number of benzene rings is 3. The van der Waals surface area contributed by atoms with Gasteiger partial charge in [-0.05, 0) is 87.2 Å². The maximum atomic E-state index is 14.3. The van der Waals surface area contributed by atoms with Crippen LogP contribution in [-0.4, -0.2) is 50.4 Å². The highest BCUT2D eigenvalue weighted by molar-refractivity contribution is 7.92. The summed E-state index contributed by atoms with van der Waals surface area (Å²) in [4.78, 5) is 29.5. The molecular weight excluding hydrogens is 598 g/mol. The fourth-order valence-corrected chi connectivity index (χ4v) is 7.03. The molecule has 0 radical (unpaired) electrons. The van der Waals surface area contributed by atoms with Crippen LogP contribution < -0.4 is 14.4 Å². The molecule has 1 saturated carbocycles. The van der Waals surface area contributed by atoms with Gasteiger partial charge in [0.25, 0.3) is 10.0 Å². The molecule has 1 N–H and O–H groups in total. The van der Waals surface area contributed by atoms with Crippen LogP contribution >= 0.6 is 11.6 Å². The number of sulfonamides is 1. The highest BCUT2D eigenvalue weighted by Gasteiger charge is 2.34. The van der Waals surface area contributed by atoms with E-state index in [0.717, 1.165) is 47.5 Å². The number of nitrogens with one attached hydrogen (secondary N) is 1. The van der Waals surface area contributed by atoms with Gasteiger partial charge in [0, 0.05) is 17.6 Å². The van der Waals surface area contributed by atoms with Gasteiger partial charge in [0.2, 0.25) is 11.8 Å². The van der Waals surface area contributed by atoms with Crippen LogP contribution in [0.4, 0.5) is 5.69 Å². The Morgan fingerprint density at radius 3 is 2.16 bits per heavy atom. The molecule has 3 aromatic rings. The van der Waals surface area contributed by atoms with Gasteiger partial charge in [0.05, 0.1) is 17.2 Å². The van der Waals surface area contributed by atoms with Crippen molar-refractivity contribution in [2.75, 3.05) is 17.5 Å². The lowest BCUT2D eigenvalue weighted by molar-refractivity contribution is -0.140. The minimum absolute atomic E-state index is 0.0284. The zero-order valence-corrected chi connectivity index (χ0v) is 27.2. The summed E-state index contributed by atoms with van der Waals surface area (Å²) in [6.07, 6.45) is 5.47. The molecule has 1 aliphatic carbocycles. The van der Waals surface area contributed by atoms with Crippen molar-refractivity contribution < 1.29 is 22.7 Å². The molecule has 0 bridgehead atoms. The van der Waals surface area contributed by atoms with Crippen LogP contribution in [0.3, 0.4) is 0 Å². The molecule has 0 unspecified atom stereocenters. The number of amides is 2. The second-order valence-electron chi connectivity index (χ2n) is 11.2. The van der Waals surface area contributed by atoms with Crippen LogP contribution in [0.1, 0.15) is 63.5 Å². The largest absolute Gasteiger partial charge is 0.494 e. The second-order valence-corrected chi connectivity index (χ2v) is 13.5. The Morgan fingerprint density at radius 1 is 0.932 bits per heavy atom. The number of hydrogen-bond donors (Lipinski definition) is 1. The molecule has 1 fully saturated rings. The number of rotatable bonds is 13. The van der Waals surface area contributed by atoms with E-state index in [9.17, 15) is 18.0 Å². The summed E-state index contributed by atoms with van der Waals surface area (Å²) >= 11 is 6.12. The molecule has 0 aromatic heterocycles. The van der Waals surface area contributed by atoms with Gasteiger partial charge in [-0.3, -0.25) is 13.9 Å². The first-order valence-electron chi connectivity index (χ1n) is 15.3. The average molecular weight is 640 g/mol. The van der Waals surface area contributed by atoms with Crippen LogP contribution in [0.2, 0.25) is 5.02 Å². The predicted molar refractivity (Wildman–Crippen MR) is 174 cm³/mol. The Morgan fingerprint density at radius 2 is 1.57 bits per heavy atom. The molecule has 10 heteroatoms. The number of anilines is 1. The minimum atomic E-state index is -4.17. The lowest BCUT2D eigenvalue weighted by Gasteiger charge is -2.34. The van der Waals surface area contributed by atoms with Crippen LogP contribution in [0.5, 0.6) is 5.75 Å². The molecule has 0 aliphatic heterocycles. The van der Waals surface area contributed by atoms with Crippen molar-refractivity contribution in [1.82, 2.24) is 10.2 Å². The Labute approximate surface area is 266 Å². The Balaban J connectivity index is 1.69. The molecule has 3 aromatic carbocycles. The number of nitrogens with zero attached hydrogens (tertiary/aromatic N) is 2. The summed E-state index contributed by atoms with van der Waals surface area (Å²) in [5.41, 5.74) is 2.08. The smallest absolute Gasteiger partial charge is 0.264 e. The number of halogens is 1. The maximum absolute atomic E-state index is 14.3. The van der Waals surface area contributed by atoms with Gasteiger partial charge in [-0.15, -0.1) is 0 Å². The number of carbonyl (C=O) groups is 2. The van der Waals surface area contributed by atoms with Crippen molar-refractivity contribution in [3.63, 3.8) is 0 Å².